The molecule has 0 aliphatic heterocycles. The molecule has 0 bridgehead atoms. The van der Waals surface area contributed by atoms with Crippen molar-refractivity contribution in [1.29, 1.82) is 0 Å². The molecule has 0 fully saturated rings. The highest BCUT2D eigenvalue weighted by atomic mass is 32.3. The molecule has 10 heteroatoms. The third-order valence-electron chi connectivity index (χ3n) is 3.77. The first kappa shape index (κ1) is 21.1. The van der Waals surface area contributed by atoms with Crippen molar-refractivity contribution in [2.75, 3.05) is 26.8 Å². The van der Waals surface area contributed by atoms with Crippen LogP contribution in [0.2, 0.25) is 0 Å². The molecule has 2 rings (SSSR count). The molecule has 0 aliphatic rings. The predicted molar refractivity (Wildman–Crippen MR) is 102 cm³/mol. The maximum atomic E-state index is 13.1. The van der Waals surface area contributed by atoms with Gasteiger partial charge in [0.1, 0.15) is 11.6 Å². The molecule has 0 atom stereocenters. The SMILES string of the molecule is CCN(c1ccc(F)cc1)S(=O)(=O)CS(=O)(=O)N(CC)c1ccc(F)cc1. The van der Waals surface area contributed by atoms with Gasteiger partial charge in [0.15, 0.2) is 5.08 Å². The van der Waals surface area contributed by atoms with Gasteiger partial charge in [-0.3, -0.25) is 8.61 Å². The van der Waals surface area contributed by atoms with E-state index in [4.69, 9.17) is 0 Å². The zero-order valence-electron chi connectivity index (χ0n) is 14.8. The Morgan fingerprint density at radius 1 is 0.667 bits per heavy atom. The lowest BCUT2D eigenvalue weighted by Gasteiger charge is -2.26. The van der Waals surface area contributed by atoms with E-state index in [2.05, 4.69) is 0 Å². The van der Waals surface area contributed by atoms with Gasteiger partial charge in [0.05, 0.1) is 11.4 Å². The molecule has 0 heterocycles. The lowest BCUT2D eigenvalue weighted by atomic mass is 10.3. The quantitative estimate of drug-likeness (QED) is 0.661. The third-order valence-corrected chi connectivity index (χ3v) is 8.44. The molecule has 0 saturated heterocycles. The van der Waals surface area contributed by atoms with Crippen LogP contribution in [0.15, 0.2) is 48.5 Å². The minimum atomic E-state index is -4.26. The van der Waals surface area contributed by atoms with Crippen LogP contribution in [0, 0.1) is 11.6 Å². The minimum Gasteiger partial charge on any atom is -0.270 e. The fourth-order valence-corrected chi connectivity index (χ4v) is 6.81. The molecule has 0 radical (unpaired) electrons. The van der Waals surface area contributed by atoms with E-state index < -0.39 is 36.8 Å². The Labute approximate surface area is 158 Å². The summed E-state index contributed by atoms with van der Waals surface area (Å²) in [4.78, 5) is 0. The van der Waals surface area contributed by atoms with Crippen molar-refractivity contribution in [3.63, 3.8) is 0 Å². The van der Waals surface area contributed by atoms with Crippen LogP contribution in [0.3, 0.4) is 0 Å². The van der Waals surface area contributed by atoms with E-state index in [0.29, 0.717) is 0 Å². The number of anilines is 2. The molecule has 0 spiro atoms. The highest BCUT2D eigenvalue weighted by Gasteiger charge is 2.32. The van der Waals surface area contributed by atoms with E-state index in [1.54, 1.807) is 13.8 Å². The average Bonchev–Trinajstić information content (AvgIpc) is 2.58. The molecular weight excluding hydrogens is 398 g/mol. The summed E-state index contributed by atoms with van der Waals surface area (Å²) >= 11 is 0. The highest BCUT2D eigenvalue weighted by molar-refractivity contribution is 8.09. The Bertz CT molecular complexity index is 895. The number of benzene rings is 2. The second kappa shape index (κ2) is 8.22. The summed E-state index contributed by atoms with van der Waals surface area (Å²) in [5.74, 6) is -1.07. The summed E-state index contributed by atoms with van der Waals surface area (Å²) in [7, 11) is -8.52. The Morgan fingerprint density at radius 2 is 0.963 bits per heavy atom. The van der Waals surface area contributed by atoms with Crippen LogP contribution in [0.25, 0.3) is 0 Å². The van der Waals surface area contributed by atoms with Crippen LogP contribution in [0.4, 0.5) is 20.2 Å². The van der Waals surface area contributed by atoms with E-state index >= 15 is 0 Å². The number of rotatable bonds is 8. The monoisotopic (exact) mass is 418 g/mol. The number of sulfonamides is 2. The van der Waals surface area contributed by atoms with Crippen molar-refractivity contribution >= 4 is 31.4 Å². The van der Waals surface area contributed by atoms with Crippen LogP contribution in [-0.2, 0) is 20.0 Å². The predicted octanol–water partition coefficient (Wildman–Crippen LogP) is 2.93. The van der Waals surface area contributed by atoms with Crippen LogP contribution in [-0.4, -0.2) is 35.0 Å². The van der Waals surface area contributed by atoms with Gasteiger partial charge in [0.2, 0.25) is 0 Å². The summed E-state index contributed by atoms with van der Waals surface area (Å²) in [5, 5.41) is -1.17. The summed E-state index contributed by atoms with van der Waals surface area (Å²) < 4.78 is 78.9. The van der Waals surface area contributed by atoms with Crippen molar-refractivity contribution in [3.05, 3.63) is 60.2 Å². The first-order valence-corrected chi connectivity index (χ1v) is 11.3. The van der Waals surface area contributed by atoms with Crippen LogP contribution >= 0.6 is 0 Å². The lowest BCUT2D eigenvalue weighted by molar-refractivity contribution is 0.584. The van der Waals surface area contributed by atoms with Gasteiger partial charge in [-0.1, -0.05) is 0 Å². The van der Waals surface area contributed by atoms with Crippen molar-refractivity contribution in [3.8, 4) is 0 Å². The molecule has 0 saturated carbocycles. The van der Waals surface area contributed by atoms with Crippen molar-refractivity contribution in [1.82, 2.24) is 0 Å². The minimum absolute atomic E-state index is 0.0217. The Kier molecular flexibility index (Phi) is 6.42. The van der Waals surface area contributed by atoms with E-state index in [1.807, 2.05) is 0 Å². The number of halogens is 2. The molecule has 2 aromatic rings. The van der Waals surface area contributed by atoms with Crippen LogP contribution < -0.4 is 8.61 Å². The Morgan fingerprint density at radius 3 is 1.22 bits per heavy atom. The smallest absolute Gasteiger partial charge is 0.251 e. The van der Waals surface area contributed by atoms with Gasteiger partial charge in [-0.05, 0) is 62.4 Å². The standard InChI is InChI=1S/C17H20F2N2O4S2/c1-3-20(16-9-5-14(18)6-10-16)26(22,23)13-27(24,25)21(4-2)17-11-7-15(19)8-12-17/h5-12H,3-4,13H2,1-2H3. The van der Waals surface area contributed by atoms with Crippen LogP contribution in [0.5, 0.6) is 0 Å². The molecule has 0 aromatic heterocycles. The van der Waals surface area contributed by atoms with E-state index in [9.17, 15) is 25.6 Å². The first-order valence-electron chi connectivity index (χ1n) is 8.12. The Hall–Kier alpha value is -2.20. The maximum Gasteiger partial charge on any atom is 0.251 e. The van der Waals surface area contributed by atoms with Gasteiger partial charge in [-0.15, -0.1) is 0 Å². The zero-order valence-corrected chi connectivity index (χ0v) is 16.5. The van der Waals surface area contributed by atoms with E-state index in [0.717, 1.165) is 32.9 Å². The first-order chi connectivity index (χ1) is 12.6. The molecule has 2 aromatic carbocycles. The van der Waals surface area contributed by atoms with E-state index in [1.165, 1.54) is 24.3 Å². The summed E-state index contributed by atoms with van der Waals surface area (Å²) in [5.41, 5.74) is 0.331. The maximum absolute atomic E-state index is 13.1. The van der Waals surface area contributed by atoms with Gasteiger partial charge in [-0.25, -0.2) is 25.6 Å². The zero-order chi connectivity index (χ0) is 20.2. The molecule has 0 aliphatic carbocycles. The van der Waals surface area contributed by atoms with Gasteiger partial charge >= 0.3 is 0 Å². The molecular formula is C17H20F2N2O4S2. The van der Waals surface area contributed by atoms with Gasteiger partial charge < -0.3 is 0 Å². The summed E-state index contributed by atoms with van der Waals surface area (Å²) in [6, 6.07) is 9.44. The topological polar surface area (TPSA) is 74.8 Å². The number of hydrogen-bond donors (Lipinski definition) is 0. The normalized spacial score (nSPS) is 12.0. The highest BCUT2D eigenvalue weighted by Crippen LogP contribution is 2.23. The van der Waals surface area contributed by atoms with Crippen molar-refractivity contribution in [2.45, 2.75) is 13.8 Å². The molecule has 6 nitrogen and oxygen atoms in total. The number of hydrogen-bond acceptors (Lipinski definition) is 4. The lowest BCUT2D eigenvalue weighted by Crippen LogP contribution is -2.41. The molecule has 27 heavy (non-hydrogen) atoms. The summed E-state index contributed by atoms with van der Waals surface area (Å²) in [6.07, 6.45) is 0. The largest absolute Gasteiger partial charge is 0.270 e. The number of nitrogens with zero attached hydrogens (tertiary/aromatic N) is 2. The van der Waals surface area contributed by atoms with Crippen molar-refractivity contribution < 1.29 is 25.6 Å². The third kappa shape index (κ3) is 4.95. The fraction of sp³-hybridized carbons (Fsp3) is 0.294. The second-order valence-corrected chi connectivity index (χ2v) is 9.78. The Balaban J connectivity index is 2.35. The van der Waals surface area contributed by atoms with Crippen LogP contribution in [0.1, 0.15) is 13.8 Å². The van der Waals surface area contributed by atoms with Crippen molar-refractivity contribution in [2.24, 2.45) is 0 Å². The van der Waals surface area contributed by atoms with Gasteiger partial charge in [-0.2, -0.15) is 0 Å². The fourth-order valence-electron chi connectivity index (χ4n) is 2.61. The van der Waals surface area contributed by atoms with Gasteiger partial charge in [0, 0.05) is 13.1 Å². The second-order valence-electron chi connectivity index (χ2n) is 5.62. The molecule has 148 valence electrons. The summed E-state index contributed by atoms with van der Waals surface area (Å²) in [6.45, 7) is 3.05. The molecule has 0 unspecified atom stereocenters. The van der Waals surface area contributed by atoms with E-state index in [-0.39, 0.29) is 24.5 Å². The van der Waals surface area contributed by atoms with Gasteiger partial charge in [0.25, 0.3) is 20.0 Å². The average molecular weight is 418 g/mol. The molecule has 0 amide bonds. The molecule has 0 N–H and O–H groups in total.